The molecule has 0 saturated heterocycles. The smallest absolute Gasteiger partial charge is 0.0797 e. The van der Waals surface area contributed by atoms with Crippen LogP contribution in [0, 0.1) is 0 Å². The second-order valence-corrected chi connectivity index (χ2v) is 13.8. The van der Waals surface area contributed by atoms with Crippen molar-refractivity contribution in [2.45, 2.75) is 23.7 Å². The van der Waals surface area contributed by atoms with Gasteiger partial charge in [0, 0.05) is 37.3 Å². The summed E-state index contributed by atoms with van der Waals surface area (Å²) in [6.07, 6.45) is 2.19. The van der Waals surface area contributed by atoms with Crippen LogP contribution in [0.1, 0.15) is 33.3 Å². The minimum Gasteiger partial charge on any atom is -0.103 e. The average molecular weight is 506 g/mol. The van der Waals surface area contributed by atoms with Crippen molar-refractivity contribution < 1.29 is 26.2 Å². The third-order valence-corrected chi connectivity index (χ3v) is 12.6. The van der Waals surface area contributed by atoms with Gasteiger partial charge < -0.3 is 0 Å². The Kier molecular flexibility index (Phi) is 5.56. The third-order valence-electron chi connectivity index (χ3n) is 7.57. The molecule has 0 unspecified atom stereocenters. The molecule has 154 valence electrons. The molecule has 0 N–H and O–H groups in total. The van der Waals surface area contributed by atoms with E-state index in [9.17, 15) is 0 Å². The molecule has 0 heterocycles. The second-order valence-electron chi connectivity index (χ2n) is 9.21. The van der Waals surface area contributed by atoms with E-state index >= 15 is 0 Å². The Bertz CT molecular complexity index is 1140. The summed E-state index contributed by atoms with van der Waals surface area (Å²) in [6.45, 7) is 6.87. The number of fused-ring (bicyclic) bond motifs is 6. The minimum atomic E-state index is -2.01. The molecule has 0 spiro atoms. The van der Waals surface area contributed by atoms with Crippen LogP contribution in [0.15, 0.2) is 110 Å². The summed E-state index contributed by atoms with van der Waals surface area (Å²) in [5.41, 5.74) is 12.7. The first-order chi connectivity index (χ1) is 15.2. The Morgan fingerprint density at radius 1 is 0.594 bits per heavy atom. The van der Waals surface area contributed by atoms with E-state index in [1.54, 1.807) is 0 Å². The molecule has 0 atom stereocenters. The number of rotatable bonds is 4. The standard InChI is InChI=1S/C30H26Si.Zr/c1-3-20-31(2,29-25-16-8-4-12-21(25)22-13-5-9-17-26(22)29)30-27-18-10-6-14-23(27)24-15-7-11-19-28(24)30;/h3-19,29-30H,1,20H2,2H3;. The fourth-order valence-corrected chi connectivity index (χ4v) is 11.7. The molecule has 2 heteroatoms. The largest absolute Gasteiger partial charge is 0.103 e. The Morgan fingerprint density at radius 3 is 1.16 bits per heavy atom. The molecule has 0 aromatic heterocycles. The minimum absolute atomic E-state index is 0. The molecule has 6 rings (SSSR count). The van der Waals surface area contributed by atoms with Crippen LogP contribution in [0.2, 0.25) is 12.6 Å². The number of hydrogen-bond acceptors (Lipinski definition) is 0. The molecule has 4 aromatic rings. The van der Waals surface area contributed by atoms with Crippen LogP contribution in [0.25, 0.3) is 22.3 Å². The molecule has 0 radical (unpaired) electrons. The van der Waals surface area contributed by atoms with Crippen molar-refractivity contribution in [3.05, 3.63) is 132 Å². The average Bonchev–Trinajstić information content (AvgIpc) is 3.33. The van der Waals surface area contributed by atoms with Gasteiger partial charge in [-0.3, -0.25) is 0 Å². The topological polar surface area (TPSA) is 0 Å². The molecular formula is C30H26SiZr. The molecular weight excluding hydrogens is 480 g/mol. The molecule has 2 aliphatic rings. The van der Waals surface area contributed by atoms with Gasteiger partial charge in [0.1, 0.15) is 0 Å². The number of hydrogen-bond donors (Lipinski definition) is 0. The van der Waals surface area contributed by atoms with Crippen LogP contribution in [0.3, 0.4) is 0 Å². The van der Waals surface area contributed by atoms with E-state index in [0.29, 0.717) is 11.1 Å². The van der Waals surface area contributed by atoms with Crippen LogP contribution in [0.4, 0.5) is 0 Å². The van der Waals surface area contributed by atoms with E-state index in [1.165, 1.54) is 44.5 Å². The van der Waals surface area contributed by atoms with Gasteiger partial charge in [-0.2, -0.15) is 0 Å². The molecule has 2 aliphatic carbocycles. The summed E-state index contributed by atoms with van der Waals surface area (Å²) in [5, 5.41) is 0. The normalized spacial score (nSPS) is 14.2. The first-order valence-electron chi connectivity index (χ1n) is 11.2. The Balaban J connectivity index is 0.00000216. The van der Waals surface area contributed by atoms with Gasteiger partial charge in [-0.05, 0) is 50.6 Å². The quantitative estimate of drug-likeness (QED) is 0.195. The van der Waals surface area contributed by atoms with Crippen LogP contribution in [0.5, 0.6) is 0 Å². The maximum absolute atomic E-state index is 4.25. The maximum atomic E-state index is 4.25. The van der Waals surface area contributed by atoms with E-state index < -0.39 is 8.07 Å². The SMILES string of the molecule is C=CC[Si](C)(C1c2ccccc2-c2ccccc21)C1c2ccccc2-c2ccccc21.[Zr]. The Labute approximate surface area is 211 Å². The van der Waals surface area contributed by atoms with Crippen LogP contribution >= 0.6 is 0 Å². The van der Waals surface area contributed by atoms with Crippen molar-refractivity contribution in [3.8, 4) is 22.3 Å². The summed E-state index contributed by atoms with van der Waals surface area (Å²) in [5.74, 6) is 0. The molecule has 0 bridgehead atoms. The zero-order chi connectivity index (χ0) is 21.0. The first kappa shape index (κ1) is 21.6. The van der Waals surface area contributed by atoms with Gasteiger partial charge in [0.25, 0.3) is 0 Å². The van der Waals surface area contributed by atoms with Gasteiger partial charge in [-0.25, -0.2) is 0 Å². The first-order valence-corrected chi connectivity index (χ1v) is 14.1. The summed E-state index contributed by atoms with van der Waals surface area (Å²) < 4.78 is 0. The second kappa shape index (κ2) is 8.25. The van der Waals surface area contributed by atoms with Crippen molar-refractivity contribution in [3.63, 3.8) is 0 Å². The molecule has 0 aliphatic heterocycles. The number of allylic oxidation sites excluding steroid dienone is 1. The summed E-state index contributed by atoms with van der Waals surface area (Å²) in [7, 11) is -2.01. The van der Waals surface area contributed by atoms with Crippen LogP contribution < -0.4 is 0 Å². The zero-order valence-electron chi connectivity index (χ0n) is 18.4. The van der Waals surface area contributed by atoms with E-state index in [2.05, 4.69) is 116 Å². The molecule has 0 saturated carbocycles. The maximum Gasteiger partial charge on any atom is 0.0797 e. The molecule has 0 amide bonds. The van der Waals surface area contributed by atoms with Crippen molar-refractivity contribution in [1.29, 1.82) is 0 Å². The number of benzene rings is 4. The fourth-order valence-electron chi connectivity index (χ4n) is 6.45. The molecule has 0 nitrogen and oxygen atoms in total. The van der Waals surface area contributed by atoms with Crippen molar-refractivity contribution in [2.75, 3.05) is 0 Å². The summed E-state index contributed by atoms with van der Waals surface area (Å²) in [6, 6.07) is 37.5. The molecule has 32 heavy (non-hydrogen) atoms. The van der Waals surface area contributed by atoms with Gasteiger partial charge in [0.2, 0.25) is 0 Å². The molecule has 0 fully saturated rings. The molecule has 4 aromatic carbocycles. The van der Waals surface area contributed by atoms with Gasteiger partial charge >= 0.3 is 0 Å². The van der Waals surface area contributed by atoms with Crippen molar-refractivity contribution >= 4 is 8.07 Å². The third kappa shape index (κ3) is 2.96. The van der Waals surface area contributed by atoms with Gasteiger partial charge in [-0.15, -0.1) is 6.58 Å². The van der Waals surface area contributed by atoms with Gasteiger partial charge in [0.05, 0.1) is 8.07 Å². The van der Waals surface area contributed by atoms with Gasteiger partial charge in [-0.1, -0.05) is 110 Å². The van der Waals surface area contributed by atoms with E-state index in [4.69, 9.17) is 0 Å². The van der Waals surface area contributed by atoms with E-state index in [-0.39, 0.29) is 26.2 Å². The van der Waals surface area contributed by atoms with Crippen LogP contribution in [-0.2, 0) is 26.2 Å². The predicted molar refractivity (Wildman–Crippen MR) is 134 cm³/mol. The van der Waals surface area contributed by atoms with Crippen LogP contribution in [-0.4, -0.2) is 8.07 Å². The summed E-state index contributed by atoms with van der Waals surface area (Å²) in [4.78, 5) is 0. The fraction of sp³-hybridized carbons (Fsp3) is 0.133. The van der Waals surface area contributed by atoms with Crippen molar-refractivity contribution in [2.24, 2.45) is 0 Å². The zero-order valence-corrected chi connectivity index (χ0v) is 21.8. The predicted octanol–water partition coefficient (Wildman–Crippen LogP) is 7.95. The Morgan fingerprint density at radius 2 is 0.875 bits per heavy atom. The van der Waals surface area contributed by atoms with Gasteiger partial charge in [0.15, 0.2) is 0 Å². The van der Waals surface area contributed by atoms with E-state index in [0.717, 1.165) is 6.04 Å². The Hall–Kier alpha value is -2.28. The van der Waals surface area contributed by atoms with Crippen molar-refractivity contribution in [1.82, 2.24) is 0 Å². The van der Waals surface area contributed by atoms with E-state index in [1.807, 2.05) is 0 Å². The monoisotopic (exact) mass is 504 g/mol. The summed E-state index contributed by atoms with van der Waals surface area (Å²) >= 11 is 0.